The molecule has 0 aliphatic heterocycles. The van der Waals surface area contributed by atoms with Gasteiger partial charge in [-0.1, -0.05) is 38.5 Å². The molecular weight excluding hydrogens is 250 g/mol. The lowest BCUT2D eigenvalue weighted by Gasteiger charge is -2.14. The lowest BCUT2D eigenvalue weighted by Crippen LogP contribution is -2.06. The van der Waals surface area contributed by atoms with Crippen LogP contribution in [0.2, 0.25) is 0 Å². The van der Waals surface area contributed by atoms with Crippen molar-refractivity contribution in [3.8, 4) is 0 Å². The van der Waals surface area contributed by atoms with Gasteiger partial charge in [-0.3, -0.25) is 4.79 Å². The number of rotatable bonds is 9. The number of para-hydroxylation sites is 1. The highest BCUT2D eigenvalue weighted by Crippen LogP contribution is 2.23. The normalized spacial score (nSPS) is 10.6. The fourth-order valence-corrected chi connectivity index (χ4v) is 2.19. The average molecular weight is 277 g/mol. The van der Waals surface area contributed by atoms with Crippen LogP contribution in [-0.4, -0.2) is 19.1 Å². The molecule has 0 fully saturated rings. The molecule has 0 aliphatic carbocycles. The van der Waals surface area contributed by atoms with Crippen LogP contribution in [-0.2, 0) is 9.53 Å². The van der Waals surface area contributed by atoms with E-state index in [9.17, 15) is 4.79 Å². The van der Waals surface area contributed by atoms with E-state index in [1.165, 1.54) is 11.3 Å². The molecule has 0 saturated heterocycles. The molecule has 0 spiro atoms. The topological polar surface area (TPSA) is 38.3 Å². The molecule has 1 aromatic carbocycles. The molecule has 0 aromatic heterocycles. The molecule has 112 valence electrons. The standard InChI is InChI=1S/C17H27NO2/c1-4-20-17(19)12-6-5-9-13-18-16-11-8-7-10-15(16)14(2)3/h7-8,10-11,14,18H,4-6,9,12-13H2,1-3H3. The first kappa shape index (κ1) is 16.5. The van der Waals surface area contributed by atoms with Crippen LogP contribution in [0.5, 0.6) is 0 Å². The number of unbranched alkanes of at least 4 members (excludes halogenated alkanes) is 2. The monoisotopic (exact) mass is 277 g/mol. The van der Waals surface area contributed by atoms with E-state index in [1.807, 2.05) is 6.92 Å². The number of esters is 1. The summed E-state index contributed by atoms with van der Waals surface area (Å²) in [7, 11) is 0. The smallest absolute Gasteiger partial charge is 0.305 e. The summed E-state index contributed by atoms with van der Waals surface area (Å²) in [6.45, 7) is 7.69. The predicted octanol–water partition coefficient (Wildman–Crippen LogP) is 4.35. The molecule has 0 aliphatic rings. The van der Waals surface area contributed by atoms with Crippen LogP contribution in [0.1, 0.15) is 57.9 Å². The summed E-state index contributed by atoms with van der Waals surface area (Å²) in [5, 5.41) is 3.49. The number of hydrogen-bond acceptors (Lipinski definition) is 3. The molecule has 0 saturated carbocycles. The van der Waals surface area contributed by atoms with Crippen molar-refractivity contribution in [1.29, 1.82) is 0 Å². The second kappa shape index (κ2) is 9.40. The third kappa shape index (κ3) is 6.09. The van der Waals surface area contributed by atoms with Crippen LogP contribution in [0.15, 0.2) is 24.3 Å². The molecule has 0 bridgehead atoms. The van der Waals surface area contributed by atoms with Gasteiger partial charge in [-0.15, -0.1) is 0 Å². The lowest BCUT2D eigenvalue weighted by molar-refractivity contribution is -0.143. The van der Waals surface area contributed by atoms with Gasteiger partial charge in [0.15, 0.2) is 0 Å². The van der Waals surface area contributed by atoms with Crippen LogP contribution >= 0.6 is 0 Å². The Labute approximate surface area is 122 Å². The first-order valence-electron chi connectivity index (χ1n) is 7.63. The largest absolute Gasteiger partial charge is 0.466 e. The van der Waals surface area contributed by atoms with Crippen molar-refractivity contribution in [3.63, 3.8) is 0 Å². The van der Waals surface area contributed by atoms with Gasteiger partial charge in [0.1, 0.15) is 0 Å². The van der Waals surface area contributed by atoms with E-state index in [2.05, 4.69) is 43.4 Å². The van der Waals surface area contributed by atoms with E-state index in [0.29, 0.717) is 18.9 Å². The zero-order valence-electron chi connectivity index (χ0n) is 12.9. The summed E-state index contributed by atoms with van der Waals surface area (Å²) in [5.74, 6) is 0.452. The van der Waals surface area contributed by atoms with Crippen molar-refractivity contribution in [2.45, 2.75) is 52.4 Å². The average Bonchev–Trinajstić information content (AvgIpc) is 2.43. The molecule has 3 nitrogen and oxygen atoms in total. The highest BCUT2D eigenvalue weighted by Gasteiger charge is 2.05. The Morgan fingerprint density at radius 3 is 2.65 bits per heavy atom. The van der Waals surface area contributed by atoms with Crippen LogP contribution in [0, 0.1) is 0 Å². The second-order valence-corrected chi connectivity index (χ2v) is 5.28. The number of carbonyl (C=O) groups excluding carboxylic acids is 1. The Hall–Kier alpha value is -1.51. The van der Waals surface area contributed by atoms with Crippen LogP contribution in [0.4, 0.5) is 5.69 Å². The van der Waals surface area contributed by atoms with E-state index in [0.717, 1.165) is 25.8 Å². The van der Waals surface area contributed by atoms with Gasteiger partial charge < -0.3 is 10.1 Å². The van der Waals surface area contributed by atoms with Crippen LogP contribution in [0.25, 0.3) is 0 Å². The predicted molar refractivity (Wildman–Crippen MR) is 84.1 cm³/mol. The maximum atomic E-state index is 11.2. The van der Waals surface area contributed by atoms with Gasteiger partial charge in [-0.2, -0.15) is 0 Å². The summed E-state index contributed by atoms with van der Waals surface area (Å²) >= 11 is 0. The molecule has 0 atom stereocenters. The summed E-state index contributed by atoms with van der Waals surface area (Å²) in [6.07, 6.45) is 3.57. The maximum Gasteiger partial charge on any atom is 0.305 e. The van der Waals surface area contributed by atoms with E-state index >= 15 is 0 Å². The Kier molecular flexibility index (Phi) is 7.78. The summed E-state index contributed by atoms with van der Waals surface area (Å²) in [4.78, 5) is 11.2. The molecule has 1 rings (SSSR count). The zero-order chi connectivity index (χ0) is 14.8. The molecule has 1 aromatic rings. The van der Waals surface area contributed by atoms with E-state index in [-0.39, 0.29) is 5.97 Å². The summed E-state index contributed by atoms with van der Waals surface area (Å²) < 4.78 is 4.91. The molecule has 3 heteroatoms. The minimum atomic E-state index is -0.0781. The van der Waals surface area contributed by atoms with Crippen molar-refractivity contribution in [1.82, 2.24) is 0 Å². The zero-order valence-corrected chi connectivity index (χ0v) is 12.9. The van der Waals surface area contributed by atoms with Gasteiger partial charge in [0.2, 0.25) is 0 Å². The van der Waals surface area contributed by atoms with Crippen molar-refractivity contribution in [3.05, 3.63) is 29.8 Å². The Morgan fingerprint density at radius 2 is 1.95 bits per heavy atom. The van der Waals surface area contributed by atoms with Crippen molar-refractivity contribution in [2.75, 3.05) is 18.5 Å². The minimum absolute atomic E-state index is 0.0781. The number of carbonyl (C=O) groups is 1. The maximum absolute atomic E-state index is 11.2. The number of nitrogens with one attached hydrogen (secondary N) is 1. The van der Waals surface area contributed by atoms with Gasteiger partial charge in [-0.05, 0) is 37.3 Å². The van der Waals surface area contributed by atoms with E-state index in [4.69, 9.17) is 4.74 Å². The number of benzene rings is 1. The summed E-state index contributed by atoms with van der Waals surface area (Å²) in [5.41, 5.74) is 2.59. The van der Waals surface area contributed by atoms with Gasteiger partial charge in [-0.25, -0.2) is 0 Å². The molecule has 0 radical (unpaired) electrons. The molecule has 1 N–H and O–H groups in total. The Morgan fingerprint density at radius 1 is 1.20 bits per heavy atom. The van der Waals surface area contributed by atoms with Crippen molar-refractivity contribution in [2.24, 2.45) is 0 Å². The van der Waals surface area contributed by atoms with E-state index in [1.54, 1.807) is 0 Å². The third-order valence-corrected chi connectivity index (χ3v) is 3.26. The molecule has 20 heavy (non-hydrogen) atoms. The summed E-state index contributed by atoms with van der Waals surface area (Å²) in [6, 6.07) is 8.45. The van der Waals surface area contributed by atoms with Gasteiger partial charge in [0.25, 0.3) is 0 Å². The van der Waals surface area contributed by atoms with Crippen molar-refractivity contribution < 1.29 is 9.53 Å². The van der Waals surface area contributed by atoms with Crippen LogP contribution < -0.4 is 5.32 Å². The minimum Gasteiger partial charge on any atom is -0.466 e. The SMILES string of the molecule is CCOC(=O)CCCCCNc1ccccc1C(C)C. The van der Waals surface area contributed by atoms with Gasteiger partial charge >= 0.3 is 5.97 Å². The van der Waals surface area contributed by atoms with Crippen molar-refractivity contribution >= 4 is 11.7 Å². The highest BCUT2D eigenvalue weighted by atomic mass is 16.5. The third-order valence-electron chi connectivity index (χ3n) is 3.26. The van der Waals surface area contributed by atoms with Gasteiger partial charge in [0, 0.05) is 18.7 Å². The van der Waals surface area contributed by atoms with Crippen LogP contribution in [0.3, 0.4) is 0 Å². The number of anilines is 1. The molecule has 0 heterocycles. The number of ether oxygens (including phenoxy) is 1. The van der Waals surface area contributed by atoms with E-state index < -0.39 is 0 Å². The fourth-order valence-electron chi connectivity index (χ4n) is 2.19. The second-order valence-electron chi connectivity index (χ2n) is 5.28. The Balaban J connectivity index is 2.20. The highest BCUT2D eigenvalue weighted by molar-refractivity contribution is 5.69. The first-order chi connectivity index (χ1) is 9.65. The molecular formula is C17H27NO2. The molecule has 0 unspecified atom stereocenters. The molecule has 0 amide bonds. The quantitative estimate of drug-likeness (QED) is 0.539. The fraction of sp³-hybridized carbons (Fsp3) is 0.588. The first-order valence-corrected chi connectivity index (χ1v) is 7.63. The number of hydrogen-bond donors (Lipinski definition) is 1. The lowest BCUT2D eigenvalue weighted by atomic mass is 10.0. The van der Waals surface area contributed by atoms with Gasteiger partial charge in [0.05, 0.1) is 6.61 Å². The Bertz CT molecular complexity index is 402.